The number of aryl methyl sites for hydroxylation is 2. The highest BCUT2D eigenvalue weighted by Crippen LogP contribution is 2.17. The Kier molecular flexibility index (Phi) is 5.37. The molecule has 2 heterocycles. The zero-order chi connectivity index (χ0) is 15.9. The Hall–Kier alpha value is -2.20. The first-order valence-corrected chi connectivity index (χ1v) is 8.27. The average molecular weight is 308 g/mol. The van der Waals surface area contributed by atoms with E-state index in [-0.39, 0.29) is 0 Å². The summed E-state index contributed by atoms with van der Waals surface area (Å²) in [6, 6.07) is 12.7. The third-order valence-corrected chi connectivity index (χ3v) is 4.22. The van der Waals surface area contributed by atoms with E-state index >= 15 is 0 Å². The second kappa shape index (κ2) is 7.88. The predicted molar refractivity (Wildman–Crippen MR) is 94.3 cm³/mol. The zero-order valence-corrected chi connectivity index (χ0v) is 13.7. The van der Waals surface area contributed by atoms with E-state index in [0.717, 1.165) is 44.2 Å². The van der Waals surface area contributed by atoms with Gasteiger partial charge in [0.1, 0.15) is 11.6 Å². The molecule has 0 atom stereocenters. The van der Waals surface area contributed by atoms with Gasteiger partial charge in [0.2, 0.25) is 0 Å². The Morgan fingerprint density at radius 3 is 2.74 bits per heavy atom. The molecule has 3 rings (SSSR count). The van der Waals surface area contributed by atoms with Crippen molar-refractivity contribution in [1.82, 2.24) is 14.9 Å². The lowest BCUT2D eigenvalue weighted by Crippen LogP contribution is -2.33. The first-order valence-electron chi connectivity index (χ1n) is 8.27. The molecule has 1 aromatic heterocycles. The van der Waals surface area contributed by atoms with Crippen LogP contribution in [0.1, 0.15) is 24.2 Å². The first-order chi connectivity index (χ1) is 11.3. The number of hydrogen-bond acceptors (Lipinski definition) is 4. The monoisotopic (exact) mass is 308 g/mol. The normalized spacial score (nSPS) is 15.3. The van der Waals surface area contributed by atoms with Gasteiger partial charge in [0.15, 0.2) is 0 Å². The molecule has 23 heavy (non-hydrogen) atoms. The number of nitrogens with zero attached hydrogens (tertiary/aromatic N) is 3. The van der Waals surface area contributed by atoms with E-state index in [1.54, 1.807) is 11.8 Å². The zero-order valence-electron chi connectivity index (χ0n) is 13.7. The highest BCUT2D eigenvalue weighted by atomic mass is 15.2. The van der Waals surface area contributed by atoms with Crippen LogP contribution in [0.25, 0.3) is 0 Å². The molecule has 4 heteroatoms. The molecule has 0 fully saturated rings. The molecular formula is C19H24N4. The van der Waals surface area contributed by atoms with Gasteiger partial charge in [0, 0.05) is 19.3 Å². The molecular weight excluding hydrogens is 284 g/mol. The number of aromatic nitrogens is 2. The molecule has 1 aliphatic heterocycles. The van der Waals surface area contributed by atoms with Crippen molar-refractivity contribution < 1.29 is 0 Å². The van der Waals surface area contributed by atoms with E-state index in [1.807, 2.05) is 13.0 Å². The molecule has 4 nitrogen and oxygen atoms in total. The van der Waals surface area contributed by atoms with Crippen LogP contribution in [0, 0.1) is 6.92 Å². The molecule has 120 valence electrons. The summed E-state index contributed by atoms with van der Waals surface area (Å²) < 4.78 is 0. The van der Waals surface area contributed by atoms with E-state index in [4.69, 9.17) is 0 Å². The molecule has 0 spiro atoms. The summed E-state index contributed by atoms with van der Waals surface area (Å²) in [5, 5.41) is 3.37. The summed E-state index contributed by atoms with van der Waals surface area (Å²) in [6.07, 6.45) is 7.67. The SMILES string of the molecule is Cc1nccc(NCN2CC=C(CCc3ccccc3)CC2)n1. The van der Waals surface area contributed by atoms with Crippen molar-refractivity contribution in [2.24, 2.45) is 0 Å². The summed E-state index contributed by atoms with van der Waals surface area (Å²) in [5.41, 5.74) is 3.01. The van der Waals surface area contributed by atoms with Gasteiger partial charge in [-0.15, -0.1) is 0 Å². The van der Waals surface area contributed by atoms with Gasteiger partial charge in [0.25, 0.3) is 0 Å². The van der Waals surface area contributed by atoms with E-state index in [1.165, 1.54) is 12.0 Å². The number of rotatable bonds is 6. The molecule has 0 saturated heterocycles. The van der Waals surface area contributed by atoms with Crippen LogP contribution in [0.5, 0.6) is 0 Å². The molecule has 0 aliphatic carbocycles. The van der Waals surface area contributed by atoms with Crippen LogP contribution in [-0.4, -0.2) is 34.6 Å². The fourth-order valence-electron chi connectivity index (χ4n) is 2.82. The van der Waals surface area contributed by atoms with Crippen LogP contribution >= 0.6 is 0 Å². The van der Waals surface area contributed by atoms with Crippen molar-refractivity contribution >= 4 is 5.82 Å². The van der Waals surface area contributed by atoms with Gasteiger partial charge < -0.3 is 5.32 Å². The Labute approximate surface area is 138 Å². The van der Waals surface area contributed by atoms with Crippen LogP contribution in [0.3, 0.4) is 0 Å². The topological polar surface area (TPSA) is 41.1 Å². The molecule has 1 N–H and O–H groups in total. The predicted octanol–water partition coefficient (Wildman–Crippen LogP) is 3.42. The van der Waals surface area contributed by atoms with Gasteiger partial charge >= 0.3 is 0 Å². The van der Waals surface area contributed by atoms with E-state index in [9.17, 15) is 0 Å². The fraction of sp³-hybridized carbons (Fsp3) is 0.368. The average Bonchev–Trinajstić information content (AvgIpc) is 2.60. The van der Waals surface area contributed by atoms with Gasteiger partial charge in [0.05, 0.1) is 6.67 Å². The maximum atomic E-state index is 4.37. The van der Waals surface area contributed by atoms with Crippen molar-refractivity contribution in [3.8, 4) is 0 Å². The summed E-state index contributed by atoms with van der Waals surface area (Å²) in [7, 11) is 0. The van der Waals surface area contributed by atoms with Gasteiger partial charge in [-0.25, -0.2) is 9.97 Å². The maximum absolute atomic E-state index is 4.37. The van der Waals surface area contributed by atoms with Crippen LogP contribution in [0.4, 0.5) is 5.82 Å². The quantitative estimate of drug-likeness (QED) is 0.830. The van der Waals surface area contributed by atoms with Crippen molar-refractivity contribution in [3.63, 3.8) is 0 Å². The molecule has 1 aromatic carbocycles. The summed E-state index contributed by atoms with van der Waals surface area (Å²) in [6.45, 7) is 4.87. The summed E-state index contributed by atoms with van der Waals surface area (Å²) >= 11 is 0. The van der Waals surface area contributed by atoms with Gasteiger partial charge in [-0.3, -0.25) is 4.90 Å². The largest absolute Gasteiger partial charge is 0.357 e. The summed E-state index contributed by atoms with van der Waals surface area (Å²) in [4.78, 5) is 10.9. The van der Waals surface area contributed by atoms with Crippen LogP contribution in [0.2, 0.25) is 0 Å². The van der Waals surface area contributed by atoms with Crippen molar-refractivity contribution in [2.45, 2.75) is 26.2 Å². The van der Waals surface area contributed by atoms with Crippen molar-refractivity contribution in [1.29, 1.82) is 0 Å². The molecule has 0 saturated carbocycles. The Balaban J connectivity index is 1.43. The second-order valence-corrected chi connectivity index (χ2v) is 6.00. The minimum atomic E-state index is 0.803. The van der Waals surface area contributed by atoms with E-state index < -0.39 is 0 Å². The number of hydrogen-bond donors (Lipinski definition) is 1. The fourth-order valence-corrected chi connectivity index (χ4v) is 2.82. The smallest absolute Gasteiger partial charge is 0.130 e. The lowest BCUT2D eigenvalue weighted by atomic mass is 10.00. The maximum Gasteiger partial charge on any atom is 0.130 e. The standard InChI is InChI=1S/C19H24N4/c1-16-20-12-9-19(22-16)21-15-23-13-10-18(11-14-23)8-7-17-5-3-2-4-6-17/h2-6,9-10,12H,7-8,11,13-15H2,1H3,(H,20,21,22). The summed E-state index contributed by atoms with van der Waals surface area (Å²) in [5.74, 6) is 1.70. The lowest BCUT2D eigenvalue weighted by molar-refractivity contribution is 0.312. The van der Waals surface area contributed by atoms with Gasteiger partial charge in [-0.05, 0) is 37.8 Å². The molecule has 2 aromatic rings. The minimum Gasteiger partial charge on any atom is -0.357 e. The van der Waals surface area contributed by atoms with E-state index in [0.29, 0.717) is 0 Å². The second-order valence-electron chi connectivity index (χ2n) is 6.00. The molecule has 0 bridgehead atoms. The highest BCUT2D eigenvalue weighted by molar-refractivity contribution is 5.32. The van der Waals surface area contributed by atoms with E-state index in [2.05, 4.69) is 56.6 Å². The van der Waals surface area contributed by atoms with Crippen LogP contribution < -0.4 is 5.32 Å². The number of nitrogens with one attached hydrogen (secondary N) is 1. The van der Waals surface area contributed by atoms with Gasteiger partial charge in [-0.2, -0.15) is 0 Å². The third-order valence-electron chi connectivity index (χ3n) is 4.22. The molecule has 0 amide bonds. The van der Waals surface area contributed by atoms with Crippen molar-refractivity contribution in [3.05, 3.63) is 65.6 Å². The van der Waals surface area contributed by atoms with Gasteiger partial charge in [-0.1, -0.05) is 42.0 Å². The Morgan fingerprint density at radius 2 is 2.00 bits per heavy atom. The van der Waals surface area contributed by atoms with Crippen molar-refractivity contribution in [2.75, 3.05) is 25.1 Å². The molecule has 1 aliphatic rings. The van der Waals surface area contributed by atoms with Crippen LogP contribution in [-0.2, 0) is 6.42 Å². The lowest BCUT2D eigenvalue weighted by Gasteiger charge is -2.26. The van der Waals surface area contributed by atoms with Crippen LogP contribution in [0.15, 0.2) is 54.2 Å². The number of benzene rings is 1. The Morgan fingerprint density at radius 1 is 1.13 bits per heavy atom. The molecule has 0 radical (unpaired) electrons. The molecule has 0 unspecified atom stereocenters. The first kappa shape index (κ1) is 15.7. The Bertz CT molecular complexity index is 651. The minimum absolute atomic E-state index is 0.803. The number of anilines is 1. The highest BCUT2D eigenvalue weighted by Gasteiger charge is 2.11. The third kappa shape index (κ3) is 4.89.